The standard InChI is InChI=1S/C15H15NO3/c1-2-19-12-6-5-11(15(7-8-15)14(17)18)10-4-3-9-16-13(10)12/h3-6,9H,2,7-8H2,1H3,(H,17,18). The molecule has 0 aliphatic heterocycles. The lowest BCUT2D eigenvalue weighted by molar-refractivity contribution is -0.140. The van der Waals surface area contributed by atoms with E-state index < -0.39 is 11.4 Å². The van der Waals surface area contributed by atoms with Crippen LogP contribution in [-0.4, -0.2) is 22.7 Å². The van der Waals surface area contributed by atoms with Gasteiger partial charge in [0.2, 0.25) is 0 Å². The number of hydrogen-bond donors (Lipinski definition) is 1. The van der Waals surface area contributed by atoms with Crippen LogP contribution in [0.5, 0.6) is 5.75 Å². The van der Waals surface area contributed by atoms with E-state index in [-0.39, 0.29) is 0 Å². The van der Waals surface area contributed by atoms with Gasteiger partial charge in [-0.15, -0.1) is 0 Å². The Balaban J connectivity index is 2.23. The molecule has 0 radical (unpaired) electrons. The molecule has 1 aromatic heterocycles. The van der Waals surface area contributed by atoms with Gasteiger partial charge in [0.15, 0.2) is 0 Å². The maximum Gasteiger partial charge on any atom is 0.314 e. The van der Waals surface area contributed by atoms with E-state index in [4.69, 9.17) is 4.74 Å². The van der Waals surface area contributed by atoms with Crippen LogP contribution in [0.1, 0.15) is 25.3 Å². The molecule has 1 N–H and O–H groups in total. The zero-order valence-electron chi connectivity index (χ0n) is 10.7. The Labute approximate surface area is 111 Å². The molecular weight excluding hydrogens is 242 g/mol. The fourth-order valence-corrected chi connectivity index (χ4v) is 2.56. The van der Waals surface area contributed by atoms with Crippen LogP contribution in [0.2, 0.25) is 0 Å². The maximum atomic E-state index is 11.5. The first kappa shape index (κ1) is 12.0. The fraction of sp³-hybridized carbons (Fsp3) is 0.333. The monoisotopic (exact) mass is 257 g/mol. The summed E-state index contributed by atoms with van der Waals surface area (Å²) in [5.74, 6) is -0.0372. The van der Waals surface area contributed by atoms with E-state index in [0.717, 1.165) is 16.5 Å². The molecule has 0 unspecified atom stereocenters. The van der Waals surface area contributed by atoms with Crippen molar-refractivity contribution in [1.82, 2.24) is 4.98 Å². The van der Waals surface area contributed by atoms with Gasteiger partial charge in [0.05, 0.1) is 12.0 Å². The van der Waals surface area contributed by atoms with E-state index in [9.17, 15) is 9.90 Å². The van der Waals surface area contributed by atoms with Gasteiger partial charge in [-0.2, -0.15) is 0 Å². The molecule has 19 heavy (non-hydrogen) atoms. The number of carbonyl (C=O) groups is 1. The first-order chi connectivity index (χ1) is 9.19. The minimum absolute atomic E-state index is 0.565. The lowest BCUT2D eigenvalue weighted by Gasteiger charge is -2.15. The zero-order valence-corrected chi connectivity index (χ0v) is 10.7. The highest BCUT2D eigenvalue weighted by atomic mass is 16.5. The summed E-state index contributed by atoms with van der Waals surface area (Å²) in [5.41, 5.74) is 0.882. The van der Waals surface area contributed by atoms with Crippen LogP contribution < -0.4 is 4.74 Å². The molecule has 2 aromatic rings. The molecule has 1 heterocycles. The molecule has 0 spiro atoms. The van der Waals surface area contributed by atoms with Crippen molar-refractivity contribution < 1.29 is 14.6 Å². The molecule has 1 fully saturated rings. The zero-order chi connectivity index (χ0) is 13.5. The number of hydrogen-bond acceptors (Lipinski definition) is 3. The third-order valence-electron chi connectivity index (χ3n) is 3.71. The Bertz CT molecular complexity index is 647. The van der Waals surface area contributed by atoms with Gasteiger partial charge in [-0.3, -0.25) is 9.78 Å². The Morgan fingerprint density at radius 3 is 2.84 bits per heavy atom. The number of carboxylic acid groups (broad SMARTS) is 1. The molecule has 1 aliphatic rings. The van der Waals surface area contributed by atoms with Crippen molar-refractivity contribution in [3.63, 3.8) is 0 Å². The molecule has 3 rings (SSSR count). The topological polar surface area (TPSA) is 59.4 Å². The molecule has 0 saturated heterocycles. The van der Waals surface area contributed by atoms with Crippen LogP contribution in [-0.2, 0) is 10.2 Å². The highest BCUT2D eigenvalue weighted by molar-refractivity contribution is 5.95. The number of benzene rings is 1. The van der Waals surface area contributed by atoms with Crippen molar-refractivity contribution in [3.05, 3.63) is 36.0 Å². The van der Waals surface area contributed by atoms with Gasteiger partial charge < -0.3 is 9.84 Å². The Morgan fingerprint density at radius 2 is 2.21 bits per heavy atom. The maximum absolute atomic E-state index is 11.5. The molecule has 0 atom stereocenters. The van der Waals surface area contributed by atoms with E-state index >= 15 is 0 Å². The van der Waals surface area contributed by atoms with E-state index in [1.165, 1.54) is 0 Å². The van der Waals surface area contributed by atoms with Gasteiger partial charge in [-0.1, -0.05) is 12.1 Å². The van der Waals surface area contributed by atoms with Gasteiger partial charge in [-0.25, -0.2) is 0 Å². The van der Waals surface area contributed by atoms with Crippen LogP contribution in [0.25, 0.3) is 10.9 Å². The second kappa shape index (κ2) is 4.23. The largest absolute Gasteiger partial charge is 0.492 e. The van der Waals surface area contributed by atoms with Gasteiger partial charge in [0, 0.05) is 11.6 Å². The average Bonchev–Trinajstić information content (AvgIpc) is 3.21. The fourth-order valence-electron chi connectivity index (χ4n) is 2.56. The van der Waals surface area contributed by atoms with Crippen molar-refractivity contribution >= 4 is 16.9 Å². The summed E-state index contributed by atoms with van der Waals surface area (Å²) in [7, 11) is 0. The van der Waals surface area contributed by atoms with Gasteiger partial charge >= 0.3 is 5.97 Å². The lowest BCUT2D eigenvalue weighted by Crippen LogP contribution is -2.20. The summed E-state index contributed by atoms with van der Waals surface area (Å²) in [6.45, 7) is 2.48. The second-order valence-corrected chi connectivity index (χ2v) is 4.83. The number of fused-ring (bicyclic) bond motifs is 1. The normalized spacial score (nSPS) is 16.3. The molecule has 0 amide bonds. The summed E-state index contributed by atoms with van der Waals surface area (Å²) in [5, 5.41) is 10.3. The quantitative estimate of drug-likeness (QED) is 0.914. The summed E-state index contributed by atoms with van der Waals surface area (Å²) >= 11 is 0. The van der Waals surface area contributed by atoms with E-state index in [2.05, 4.69) is 4.98 Å². The molecular formula is C15H15NO3. The number of carboxylic acids is 1. The Hall–Kier alpha value is -2.10. The predicted octanol–water partition coefficient (Wildman–Crippen LogP) is 2.75. The number of aromatic nitrogens is 1. The molecule has 98 valence electrons. The predicted molar refractivity (Wildman–Crippen MR) is 71.5 cm³/mol. The number of nitrogens with zero attached hydrogens (tertiary/aromatic N) is 1. The van der Waals surface area contributed by atoms with Crippen molar-refractivity contribution in [3.8, 4) is 5.75 Å². The van der Waals surface area contributed by atoms with E-state index in [1.807, 2.05) is 31.2 Å². The molecule has 1 saturated carbocycles. The SMILES string of the molecule is CCOc1ccc(C2(C(=O)O)CC2)c2cccnc12. The van der Waals surface area contributed by atoms with Crippen molar-refractivity contribution in [2.24, 2.45) is 0 Å². The molecule has 4 heteroatoms. The van der Waals surface area contributed by atoms with Crippen LogP contribution in [0.15, 0.2) is 30.5 Å². The highest BCUT2D eigenvalue weighted by Gasteiger charge is 2.52. The van der Waals surface area contributed by atoms with E-state index in [1.54, 1.807) is 6.20 Å². The number of pyridine rings is 1. The van der Waals surface area contributed by atoms with Crippen molar-refractivity contribution in [2.45, 2.75) is 25.2 Å². The summed E-state index contributed by atoms with van der Waals surface area (Å²) in [4.78, 5) is 15.8. The van der Waals surface area contributed by atoms with Crippen LogP contribution in [0.4, 0.5) is 0 Å². The van der Waals surface area contributed by atoms with Gasteiger partial charge in [0.1, 0.15) is 11.3 Å². The summed E-state index contributed by atoms with van der Waals surface area (Å²) in [6.07, 6.45) is 3.09. The number of aliphatic carboxylic acids is 1. The second-order valence-electron chi connectivity index (χ2n) is 4.83. The summed E-state index contributed by atoms with van der Waals surface area (Å²) < 4.78 is 5.56. The van der Waals surface area contributed by atoms with Gasteiger partial charge in [0.25, 0.3) is 0 Å². The third kappa shape index (κ3) is 1.75. The minimum atomic E-state index is -0.748. The number of ether oxygens (including phenoxy) is 1. The summed E-state index contributed by atoms with van der Waals surface area (Å²) in [6, 6.07) is 7.45. The third-order valence-corrected chi connectivity index (χ3v) is 3.71. The van der Waals surface area contributed by atoms with Crippen LogP contribution in [0.3, 0.4) is 0 Å². The first-order valence-electron chi connectivity index (χ1n) is 6.43. The van der Waals surface area contributed by atoms with Crippen LogP contribution in [0, 0.1) is 0 Å². The Kier molecular flexibility index (Phi) is 2.66. The van der Waals surface area contributed by atoms with Crippen molar-refractivity contribution in [1.29, 1.82) is 0 Å². The Morgan fingerprint density at radius 1 is 1.42 bits per heavy atom. The van der Waals surface area contributed by atoms with Crippen LogP contribution >= 0.6 is 0 Å². The molecule has 1 aliphatic carbocycles. The highest BCUT2D eigenvalue weighted by Crippen LogP contribution is 2.51. The molecule has 1 aromatic carbocycles. The number of rotatable bonds is 4. The smallest absolute Gasteiger partial charge is 0.314 e. The average molecular weight is 257 g/mol. The molecule has 0 bridgehead atoms. The van der Waals surface area contributed by atoms with Crippen molar-refractivity contribution in [2.75, 3.05) is 6.61 Å². The van der Waals surface area contributed by atoms with Gasteiger partial charge in [-0.05, 0) is 37.5 Å². The minimum Gasteiger partial charge on any atom is -0.492 e. The lowest BCUT2D eigenvalue weighted by atomic mass is 9.92. The first-order valence-corrected chi connectivity index (χ1v) is 6.43. The molecule has 4 nitrogen and oxygen atoms in total. The van der Waals surface area contributed by atoms with E-state index in [0.29, 0.717) is 25.2 Å².